The molecule has 1 aromatic rings. The van der Waals surface area contributed by atoms with Crippen LogP contribution in [-0.2, 0) is 9.63 Å². The summed E-state index contributed by atoms with van der Waals surface area (Å²) in [7, 11) is 0. The number of carbonyl (C=O) groups excluding carboxylic acids is 1. The Balaban J connectivity index is 2.14. The second-order valence-electron chi connectivity index (χ2n) is 2.87. The number of hydroxylamine groups is 1. The Morgan fingerprint density at radius 2 is 2.13 bits per heavy atom. The first-order valence-electron chi connectivity index (χ1n) is 4.91. The van der Waals surface area contributed by atoms with Crippen LogP contribution in [-0.4, -0.2) is 18.3 Å². The molecule has 0 unspecified atom stereocenters. The molecule has 0 bridgehead atoms. The highest BCUT2D eigenvalue weighted by atomic mass is 32.2. The van der Waals surface area contributed by atoms with E-state index < -0.39 is 0 Å². The maximum atomic E-state index is 11.1. The third-order valence-electron chi connectivity index (χ3n) is 1.67. The second-order valence-corrected chi connectivity index (χ2v) is 4.04. The van der Waals surface area contributed by atoms with Gasteiger partial charge in [0.25, 0.3) is 0 Å². The molecule has 1 rings (SSSR count). The number of carbonyl (C=O) groups is 1. The zero-order valence-electron chi connectivity index (χ0n) is 8.73. The van der Waals surface area contributed by atoms with Crippen molar-refractivity contribution in [1.29, 1.82) is 0 Å². The maximum absolute atomic E-state index is 11.1. The molecule has 3 nitrogen and oxygen atoms in total. The molecule has 0 radical (unpaired) electrons. The van der Waals surface area contributed by atoms with Crippen molar-refractivity contribution in [2.45, 2.75) is 18.2 Å². The molecule has 0 aliphatic rings. The number of rotatable bonds is 6. The summed E-state index contributed by atoms with van der Waals surface area (Å²) in [6, 6.07) is 10.0. The average Bonchev–Trinajstić information content (AvgIpc) is 2.28. The van der Waals surface area contributed by atoms with Crippen molar-refractivity contribution < 1.29 is 9.63 Å². The molecule has 1 aromatic carbocycles. The molecular weight excluding hydrogens is 210 g/mol. The number of benzene rings is 1. The van der Waals surface area contributed by atoms with Crippen LogP contribution in [0.2, 0.25) is 0 Å². The molecular formula is C11H15NO2S. The van der Waals surface area contributed by atoms with Gasteiger partial charge in [-0.25, -0.2) is 5.48 Å². The minimum atomic E-state index is -0.0692. The molecule has 15 heavy (non-hydrogen) atoms. The Morgan fingerprint density at radius 3 is 2.80 bits per heavy atom. The van der Waals surface area contributed by atoms with Gasteiger partial charge in [0.15, 0.2) is 0 Å². The monoisotopic (exact) mass is 225 g/mol. The van der Waals surface area contributed by atoms with Crippen molar-refractivity contribution in [3.05, 3.63) is 30.3 Å². The lowest BCUT2D eigenvalue weighted by Crippen LogP contribution is -2.23. The summed E-state index contributed by atoms with van der Waals surface area (Å²) < 4.78 is 0. The molecule has 4 heteroatoms. The summed E-state index contributed by atoms with van der Waals surface area (Å²) in [5, 5.41) is 0. The molecule has 0 saturated heterocycles. The Hall–Kier alpha value is -1.00. The topological polar surface area (TPSA) is 38.3 Å². The molecule has 0 aliphatic carbocycles. The highest BCUT2D eigenvalue weighted by molar-refractivity contribution is 7.99. The van der Waals surface area contributed by atoms with Gasteiger partial charge in [-0.1, -0.05) is 18.2 Å². The second kappa shape index (κ2) is 7.31. The van der Waals surface area contributed by atoms with Crippen LogP contribution in [0.1, 0.15) is 13.3 Å². The van der Waals surface area contributed by atoms with E-state index in [0.717, 1.165) is 5.75 Å². The van der Waals surface area contributed by atoms with Crippen LogP contribution in [0.25, 0.3) is 0 Å². The van der Waals surface area contributed by atoms with E-state index in [-0.39, 0.29) is 5.91 Å². The largest absolute Gasteiger partial charge is 0.274 e. The first-order valence-corrected chi connectivity index (χ1v) is 5.90. The smallest absolute Gasteiger partial charge is 0.244 e. The molecule has 0 saturated carbocycles. The van der Waals surface area contributed by atoms with Crippen LogP contribution >= 0.6 is 11.8 Å². The van der Waals surface area contributed by atoms with Gasteiger partial charge in [0, 0.05) is 17.1 Å². The standard InChI is InChI=1S/C11H15NO2S/c1-2-14-12-11(13)8-9-15-10-6-4-3-5-7-10/h3-7H,2,8-9H2,1H3,(H,12,13). The first-order chi connectivity index (χ1) is 7.33. The van der Waals surface area contributed by atoms with E-state index in [1.165, 1.54) is 4.90 Å². The fraction of sp³-hybridized carbons (Fsp3) is 0.364. The lowest BCUT2D eigenvalue weighted by atomic mass is 10.4. The number of thioether (sulfide) groups is 1. The first kappa shape index (κ1) is 12.1. The summed E-state index contributed by atoms with van der Waals surface area (Å²) in [6.45, 7) is 2.33. The van der Waals surface area contributed by atoms with Gasteiger partial charge in [-0.15, -0.1) is 11.8 Å². The summed E-state index contributed by atoms with van der Waals surface area (Å²) in [4.78, 5) is 17.1. The molecule has 0 spiro atoms. The fourth-order valence-corrected chi connectivity index (χ4v) is 1.85. The predicted molar refractivity (Wildman–Crippen MR) is 61.6 cm³/mol. The molecule has 0 atom stereocenters. The SMILES string of the molecule is CCONC(=O)CCSc1ccccc1. The highest BCUT2D eigenvalue weighted by Crippen LogP contribution is 2.17. The van der Waals surface area contributed by atoms with Crippen LogP contribution in [0.4, 0.5) is 0 Å². The van der Waals surface area contributed by atoms with E-state index in [2.05, 4.69) is 5.48 Å². The third-order valence-corrected chi connectivity index (χ3v) is 2.69. The Kier molecular flexibility index (Phi) is 5.88. The van der Waals surface area contributed by atoms with Gasteiger partial charge in [0.1, 0.15) is 0 Å². The normalized spacial score (nSPS) is 9.93. The minimum absolute atomic E-state index is 0.0692. The van der Waals surface area contributed by atoms with Gasteiger partial charge in [0.2, 0.25) is 5.91 Å². The number of nitrogens with one attached hydrogen (secondary N) is 1. The van der Waals surface area contributed by atoms with Gasteiger partial charge in [-0.05, 0) is 19.1 Å². The van der Waals surface area contributed by atoms with Gasteiger partial charge in [0.05, 0.1) is 6.61 Å². The van der Waals surface area contributed by atoms with Gasteiger partial charge in [-0.3, -0.25) is 9.63 Å². The van der Waals surface area contributed by atoms with Crippen LogP contribution < -0.4 is 5.48 Å². The van der Waals surface area contributed by atoms with E-state index in [4.69, 9.17) is 4.84 Å². The van der Waals surface area contributed by atoms with Crippen molar-refractivity contribution in [3.8, 4) is 0 Å². The predicted octanol–water partition coefficient (Wildman–Crippen LogP) is 2.24. The highest BCUT2D eigenvalue weighted by Gasteiger charge is 2.00. The molecule has 0 heterocycles. The average molecular weight is 225 g/mol. The van der Waals surface area contributed by atoms with Crippen molar-refractivity contribution in [2.24, 2.45) is 0 Å². The van der Waals surface area contributed by atoms with Crippen molar-refractivity contribution in [1.82, 2.24) is 5.48 Å². The van der Waals surface area contributed by atoms with Crippen LogP contribution in [0.5, 0.6) is 0 Å². The van der Waals surface area contributed by atoms with Crippen molar-refractivity contribution >= 4 is 17.7 Å². The van der Waals surface area contributed by atoms with E-state index in [1.54, 1.807) is 11.8 Å². The Labute approximate surface area is 94.2 Å². The van der Waals surface area contributed by atoms with E-state index in [0.29, 0.717) is 13.0 Å². The number of hydrogen-bond acceptors (Lipinski definition) is 3. The van der Waals surface area contributed by atoms with Crippen LogP contribution in [0.3, 0.4) is 0 Å². The lowest BCUT2D eigenvalue weighted by molar-refractivity contribution is -0.132. The molecule has 0 aliphatic heterocycles. The number of amides is 1. The van der Waals surface area contributed by atoms with E-state index in [9.17, 15) is 4.79 Å². The van der Waals surface area contributed by atoms with Crippen LogP contribution in [0.15, 0.2) is 35.2 Å². The Morgan fingerprint density at radius 1 is 1.40 bits per heavy atom. The molecule has 0 fully saturated rings. The van der Waals surface area contributed by atoms with Crippen molar-refractivity contribution in [2.75, 3.05) is 12.4 Å². The Bertz CT molecular complexity index is 290. The minimum Gasteiger partial charge on any atom is -0.274 e. The number of hydrogen-bond donors (Lipinski definition) is 1. The van der Waals surface area contributed by atoms with Gasteiger partial charge >= 0.3 is 0 Å². The van der Waals surface area contributed by atoms with Crippen molar-refractivity contribution in [3.63, 3.8) is 0 Å². The summed E-state index contributed by atoms with van der Waals surface area (Å²) in [5.74, 6) is 0.698. The van der Waals surface area contributed by atoms with Crippen LogP contribution in [0, 0.1) is 0 Å². The molecule has 1 N–H and O–H groups in total. The molecule has 1 amide bonds. The van der Waals surface area contributed by atoms with E-state index >= 15 is 0 Å². The third kappa shape index (κ3) is 5.44. The molecule has 82 valence electrons. The fourth-order valence-electron chi connectivity index (χ4n) is 0.982. The zero-order chi connectivity index (χ0) is 10.9. The summed E-state index contributed by atoms with van der Waals surface area (Å²) in [5.41, 5.74) is 2.37. The maximum Gasteiger partial charge on any atom is 0.244 e. The summed E-state index contributed by atoms with van der Waals surface area (Å²) in [6.07, 6.45) is 0.472. The lowest BCUT2D eigenvalue weighted by Gasteiger charge is -2.03. The molecule has 0 aromatic heterocycles. The van der Waals surface area contributed by atoms with Gasteiger partial charge < -0.3 is 0 Å². The quantitative estimate of drug-likeness (QED) is 0.596. The summed E-state index contributed by atoms with van der Waals surface area (Å²) >= 11 is 1.67. The van der Waals surface area contributed by atoms with E-state index in [1.807, 2.05) is 37.3 Å². The zero-order valence-corrected chi connectivity index (χ0v) is 9.55. The van der Waals surface area contributed by atoms with Gasteiger partial charge in [-0.2, -0.15) is 0 Å².